The highest BCUT2D eigenvalue weighted by atomic mass is 79.9. The van der Waals surface area contributed by atoms with Crippen LogP contribution < -0.4 is 10.1 Å². The highest BCUT2D eigenvalue weighted by Gasteiger charge is 2.21. The first-order valence-corrected chi connectivity index (χ1v) is 8.50. The minimum Gasteiger partial charge on any atom is -0.496 e. The highest BCUT2D eigenvalue weighted by molar-refractivity contribution is 9.10. The summed E-state index contributed by atoms with van der Waals surface area (Å²) in [6.45, 7) is 5.10. The highest BCUT2D eigenvalue weighted by Crippen LogP contribution is 2.36. The molecule has 1 heterocycles. The molecule has 0 aliphatic heterocycles. The van der Waals surface area contributed by atoms with Crippen LogP contribution in [0.4, 0.5) is 4.39 Å². The van der Waals surface area contributed by atoms with E-state index >= 15 is 0 Å². The van der Waals surface area contributed by atoms with Crippen molar-refractivity contribution in [3.63, 3.8) is 0 Å². The minimum absolute atomic E-state index is 0.00972. The summed E-state index contributed by atoms with van der Waals surface area (Å²) in [6, 6.07) is 7.46. The maximum Gasteiger partial charge on any atom is 0.141 e. The summed E-state index contributed by atoms with van der Waals surface area (Å²) in [5, 5.41) is 3.52. The lowest BCUT2D eigenvalue weighted by atomic mass is 10.0. The molecule has 0 aliphatic rings. The number of nitrogens with one attached hydrogen (secondary N) is 1. The first-order chi connectivity index (χ1) is 10.1. The molecule has 1 aromatic heterocycles. The molecule has 0 radical (unpaired) electrons. The molecule has 1 unspecified atom stereocenters. The van der Waals surface area contributed by atoms with Gasteiger partial charge in [-0.05, 0) is 54.0 Å². The van der Waals surface area contributed by atoms with Crippen molar-refractivity contribution in [2.75, 3.05) is 13.7 Å². The van der Waals surface area contributed by atoms with Gasteiger partial charge in [0.25, 0.3) is 0 Å². The molecule has 2 aromatic rings. The summed E-state index contributed by atoms with van der Waals surface area (Å²) in [7, 11) is 1.57. The van der Waals surface area contributed by atoms with Gasteiger partial charge in [0, 0.05) is 21.4 Å². The van der Waals surface area contributed by atoms with Crippen LogP contribution >= 0.6 is 27.3 Å². The number of methoxy groups -OCH3 is 1. The number of hydrogen-bond donors (Lipinski definition) is 1. The van der Waals surface area contributed by atoms with Gasteiger partial charge in [-0.3, -0.25) is 0 Å². The van der Waals surface area contributed by atoms with E-state index < -0.39 is 0 Å². The maximum atomic E-state index is 13.7. The van der Waals surface area contributed by atoms with Crippen LogP contribution in [-0.4, -0.2) is 13.7 Å². The molecule has 1 N–H and O–H groups in total. The Bertz CT molecular complexity index is 614. The van der Waals surface area contributed by atoms with E-state index in [2.05, 4.69) is 47.2 Å². The van der Waals surface area contributed by atoms with Crippen molar-refractivity contribution in [3.8, 4) is 5.75 Å². The van der Waals surface area contributed by atoms with Gasteiger partial charge in [0.05, 0.1) is 17.6 Å². The SMILES string of the molecule is CCCNC(c1ccc(C)s1)c1cc(Br)c(F)cc1OC. The van der Waals surface area contributed by atoms with Crippen molar-refractivity contribution in [1.29, 1.82) is 0 Å². The summed E-state index contributed by atoms with van der Waals surface area (Å²) >= 11 is 5.01. The summed E-state index contributed by atoms with van der Waals surface area (Å²) in [5.41, 5.74) is 0.945. The lowest BCUT2D eigenvalue weighted by molar-refractivity contribution is 0.400. The topological polar surface area (TPSA) is 21.3 Å². The Labute approximate surface area is 137 Å². The molecule has 1 atom stereocenters. The summed E-state index contributed by atoms with van der Waals surface area (Å²) < 4.78 is 19.6. The van der Waals surface area contributed by atoms with E-state index in [9.17, 15) is 4.39 Å². The number of benzene rings is 1. The Morgan fingerprint density at radius 3 is 2.71 bits per heavy atom. The molecular formula is C16H19BrFNOS. The van der Waals surface area contributed by atoms with Crippen LogP contribution in [0.15, 0.2) is 28.7 Å². The van der Waals surface area contributed by atoms with Crippen LogP contribution in [0.2, 0.25) is 0 Å². The van der Waals surface area contributed by atoms with Gasteiger partial charge < -0.3 is 10.1 Å². The van der Waals surface area contributed by atoms with Gasteiger partial charge in [-0.1, -0.05) is 6.92 Å². The summed E-state index contributed by atoms with van der Waals surface area (Å²) in [5.74, 6) is 0.252. The molecule has 2 rings (SSSR count). The van der Waals surface area contributed by atoms with E-state index in [0.717, 1.165) is 18.5 Å². The van der Waals surface area contributed by atoms with E-state index in [1.807, 2.05) is 0 Å². The van der Waals surface area contributed by atoms with Crippen molar-refractivity contribution in [3.05, 3.63) is 49.9 Å². The third-order valence-electron chi connectivity index (χ3n) is 3.23. The van der Waals surface area contributed by atoms with Crippen molar-refractivity contribution >= 4 is 27.3 Å². The van der Waals surface area contributed by atoms with Crippen molar-refractivity contribution < 1.29 is 9.13 Å². The Balaban J connectivity index is 2.47. The lowest BCUT2D eigenvalue weighted by Gasteiger charge is -2.21. The normalized spacial score (nSPS) is 12.4. The predicted octanol–water partition coefficient (Wildman–Crippen LogP) is 5.06. The largest absolute Gasteiger partial charge is 0.496 e. The van der Waals surface area contributed by atoms with Crippen molar-refractivity contribution in [1.82, 2.24) is 5.32 Å². The summed E-state index contributed by atoms with van der Waals surface area (Å²) in [6.07, 6.45) is 1.03. The average molecular weight is 372 g/mol. The van der Waals surface area contributed by atoms with E-state index in [-0.39, 0.29) is 11.9 Å². The van der Waals surface area contributed by atoms with Gasteiger partial charge in [0.15, 0.2) is 0 Å². The molecule has 0 fully saturated rings. The van der Waals surface area contributed by atoms with Gasteiger partial charge in [0.2, 0.25) is 0 Å². The van der Waals surface area contributed by atoms with E-state index in [1.165, 1.54) is 15.8 Å². The smallest absolute Gasteiger partial charge is 0.141 e. The van der Waals surface area contributed by atoms with Gasteiger partial charge >= 0.3 is 0 Å². The van der Waals surface area contributed by atoms with E-state index in [0.29, 0.717) is 10.2 Å². The number of hydrogen-bond acceptors (Lipinski definition) is 3. The molecule has 0 amide bonds. The standard InChI is InChI=1S/C16H19BrFNOS/c1-4-7-19-16(15-6-5-10(2)21-15)11-8-12(17)13(18)9-14(11)20-3/h5-6,8-9,16,19H,4,7H2,1-3H3. The van der Waals surface area contributed by atoms with Gasteiger partial charge in [0.1, 0.15) is 11.6 Å². The predicted molar refractivity (Wildman–Crippen MR) is 89.8 cm³/mol. The zero-order valence-corrected chi connectivity index (χ0v) is 14.8. The maximum absolute atomic E-state index is 13.7. The average Bonchev–Trinajstić information content (AvgIpc) is 2.89. The van der Waals surface area contributed by atoms with Crippen LogP contribution in [-0.2, 0) is 0 Å². The Morgan fingerprint density at radius 1 is 1.38 bits per heavy atom. The number of halogens is 2. The second kappa shape index (κ2) is 7.38. The Morgan fingerprint density at radius 2 is 2.14 bits per heavy atom. The number of thiophene rings is 1. The fourth-order valence-electron chi connectivity index (χ4n) is 2.21. The molecule has 2 nitrogen and oxygen atoms in total. The molecule has 0 aliphatic carbocycles. The first kappa shape index (κ1) is 16.5. The van der Waals surface area contributed by atoms with Crippen LogP contribution in [0.5, 0.6) is 5.75 Å². The zero-order valence-electron chi connectivity index (χ0n) is 12.4. The molecule has 0 saturated carbocycles. The van der Waals surface area contributed by atoms with Crippen molar-refractivity contribution in [2.45, 2.75) is 26.3 Å². The number of aryl methyl sites for hydroxylation is 1. The van der Waals surface area contributed by atoms with Gasteiger partial charge in [-0.25, -0.2) is 4.39 Å². The number of rotatable bonds is 6. The molecular weight excluding hydrogens is 353 g/mol. The van der Waals surface area contributed by atoms with E-state index in [4.69, 9.17) is 4.74 Å². The van der Waals surface area contributed by atoms with Crippen LogP contribution in [0.1, 0.15) is 34.7 Å². The third kappa shape index (κ3) is 3.84. The zero-order chi connectivity index (χ0) is 15.4. The van der Waals surface area contributed by atoms with Gasteiger partial charge in [-0.2, -0.15) is 0 Å². The second-order valence-electron chi connectivity index (χ2n) is 4.84. The van der Waals surface area contributed by atoms with Crippen LogP contribution in [0.3, 0.4) is 0 Å². The third-order valence-corrected chi connectivity index (χ3v) is 4.90. The Kier molecular flexibility index (Phi) is 5.79. The lowest BCUT2D eigenvalue weighted by Crippen LogP contribution is -2.23. The molecule has 21 heavy (non-hydrogen) atoms. The second-order valence-corrected chi connectivity index (χ2v) is 7.02. The molecule has 0 bridgehead atoms. The number of ether oxygens (including phenoxy) is 1. The quantitative estimate of drug-likeness (QED) is 0.766. The fraction of sp³-hybridized carbons (Fsp3) is 0.375. The molecule has 0 spiro atoms. The van der Waals surface area contributed by atoms with Gasteiger partial charge in [-0.15, -0.1) is 11.3 Å². The monoisotopic (exact) mass is 371 g/mol. The molecule has 5 heteroatoms. The molecule has 114 valence electrons. The van der Waals surface area contributed by atoms with Crippen LogP contribution in [0.25, 0.3) is 0 Å². The van der Waals surface area contributed by atoms with E-state index in [1.54, 1.807) is 24.5 Å². The van der Waals surface area contributed by atoms with Crippen molar-refractivity contribution in [2.24, 2.45) is 0 Å². The fourth-order valence-corrected chi connectivity index (χ4v) is 3.54. The Hall–Kier alpha value is -0.910. The first-order valence-electron chi connectivity index (χ1n) is 6.89. The molecule has 1 aromatic carbocycles. The molecule has 0 saturated heterocycles. The summed E-state index contributed by atoms with van der Waals surface area (Å²) in [4.78, 5) is 2.46. The minimum atomic E-state index is -0.313. The van der Waals surface area contributed by atoms with Crippen LogP contribution in [0, 0.1) is 12.7 Å².